The molecule has 0 aromatic heterocycles. The van der Waals surface area contributed by atoms with Gasteiger partial charge in [0.2, 0.25) is 0 Å². The highest BCUT2D eigenvalue weighted by Gasteiger charge is 2.41. The van der Waals surface area contributed by atoms with Crippen molar-refractivity contribution in [1.82, 2.24) is 0 Å². The molecule has 1 aromatic rings. The summed E-state index contributed by atoms with van der Waals surface area (Å²) in [5, 5.41) is 0.662. The fourth-order valence-corrected chi connectivity index (χ4v) is 2.90. The van der Waals surface area contributed by atoms with E-state index < -0.39 is 5.60 Å². The molecule has 1 saturated carbocycles. The van der Waals surface area contributed by atoms with E-state index in [1.807, 2.05) is 31.2 Å². The fourth-order valence-electron chi connectivity index (χ4n) is 2.70. The van der Waals surface area contributed by atoms with Crippen molar-refractivity contribution in [2.45, 2.75) is 44.6 Å². The van der Waals surface area contributed by atoms with Crippen LogP contribution in [0.4, 0.5) is 0 Å². The quantitative estimate of drug-likeness (QED) is 0.810. The summed E-state index contributed by atoms with van der Waals surface area (Å²) in [6.45, 7) is 2.54. The standard InChI is InChI=1S/C15H19ClO2/c1-2-18-15(9-5-6-10-15)14(17)11-12-7-3-4-8-13(12)16/h3-4,7-8H,2,5-6,9-11H2,1H3. The lowest BCUT2D eigenvalue weighted by Crippen LogP contribution is -2.40. The van der Waals surface area contributed by atoms with E-state index in [2.05, 4.69) is 0 Å². The largest absolute Gasteiger partial charge is 0.367 e. The highest BCUT2D eigenvalue weighted by molar-refractivity contribution is 6.31. The van der Waals surface area contributed by atoms with Crippen LogP contribution in [0.15, 0.2) is 24.3 Å². The van der Waals surface area contributed by atoms with E-state index in [1.165, 1.54) is 0 Å². The van der Waals surface area contributed by atoms with Crippen molar-refractivity contribution in [3.8, 4) is 0 Å². The van der Waals surface area contributed by atoms with Gasteiger partial charge in [0.25, 0.3) is 0 Å². The van der Waals surface area contributed by atoms with Crippen LogP contribution in [0.5, 0.6) is 0 Å². The minimum atomic E-state index is -0.548. The van der Waals surface area contributed by atoms with Crippen LogP contribution >= 0.6 is 11.6 Å². The Bertz CT molecular complexity index is 422. The van der Waals surface area contributed by atoms with Crippen LogP contribution in [0, 0.1) is 0 Å². The monoisotopic (exact) mass is 266 g/mol. The molecule has 0 saturated heterocycles. The maximum Gasteiger partial charge on any atom is 0.169 e. The second kappa shape index (κ2) is 5.85. The van der Waals surface area contributed by atoms with Crippen molar-refractivity contribution < 1.29 is 9.53 Å². The molecule has 1 aliphatic carbocycles. The van der Waals surface area contributed by atoms with Gasteiger partial charge in [-0.1, -0.05) is 29.8 Å². The summed E-state index contributed by atoms with van der Waals surface area (Å²) >= 11 is 6.10. The molecule has 0 N–H and O–H groups in total. The predicted octanol–water partition coefficient (Wildman–Crippen LogP) is 3.80. The highest BCUT2D eigenvalue weighted by Crippen LogP contribution is 2.35. The van der Waals surface area contributed by atoms with Crippen LogP contribution in [0.2, 0.25) is 5.02 Å². The number of carbonyl (C=O) groups excluding carboxylic acids is 1. The Morgan fingerprint density at radius 1 is 1.33 bits per heavy atom. The van der Waals surface area contributed by atoms with Crippen molar-refractivity contribution in [3.63, 3.8) is 0 Å². The molecule has 1 aliphatic rings. The third kappa shape index (κ3) is 2.76. The zero-order valence-corrected chi connectivity index (χ0v) is 11.5. The number of halogens is 1. The van der Waals surface area contributed by atoms with Gasteiger partial charge in [-0.25, -0.2) is 0 Å². The summed E-state index contributed by atoms with van der Waals surface area (Å²) in [5.41, 5.74) is 0.351. The van der Waals surface area contributed by atoms with Gasteiger partial charge in [-0.3, -0.25) is 4.79 Å². The molecule has 18 heavy (non-hydrogen) atoms. The van der Waals surface area contributed by atoms with Gasteiger partial charge in [0.1, 0.15) is 5.60 Å². The number of ether oxygens (including phenoxy) is 1. The fraction of sp³-hybridized carbons (Fsp3) is 0.533. The Kier molecular flexibility index (Phi) is 4.41. The van der Waals surface area contributed by atoms with Crippen molar-refractivity contribution in [2.24, 2.45) is 0 Å². The zero-order valence-electron chi connectivity index (χ0n) is 10.7. The van der Waals surface area contributed by atoms with Crippen molar-refractivity contribution in [2.75, 3.05) is 6.61 Å². The molecule has 0 heterocycles. The van der Waals surface area contributed by atoms with Crippen LogP contribution in [-0.4, -0.2) is 18.0 Å². The first kappa shape index (κ1) is 13.6. The average Bonchev–Trinajstić information content (AvgIpc) is 2.82. The summed E-state index contributed by atoms with van der Waals surface area (Å²) in [4.78, 5) is 12.5. The molecule has 2 nitrogen and oxygen atoms in total. The maximum absolute atomic E-state index is 12.5. The number of hydrogen-bond donors (Lipinski definition) is 0. The summed E-state index contributed by atoms with van der Waals surface area (Å²) in [7, 11) is 0. The van der Waals surface area contributed by atoms with Crippen LogP contribution in [0.25, 0.3) is 0 Å². The first-order valence-electron chi connectivity index (χ1n) is 6.58. The number of hydrogen-bond acceptors (Lipinski definition) is 2. The molecule has 0 spiro atoms. The lowest BCUT2D eigenvalue weighted by molar-refractivity contribution is -0.142. The molecule has 0 aliphatic heterocycles. The average molecular weight is 267 g/mol. The maximum atomic E-state index is 12.5. The third-order valence-corrected chi connectivity index (χ3v) is 4.02. The van der Waals surface area contributed by atoms with Crippen LogP contribution in [-0.2, 0) is 16.0 Å². The predicted molar refractivity (Wildman–Crippen MR) is 73.0 cm³/mol. The van der Waals surface area contributed by atoms with Crippen LogP contribution < -0.4 is 0 Å². The normalized spacial score (nSPS) is 17.9. The second-order valence-electron chi connectivity index (χ2n) is 4.83. The van der Waals surface area contributed by atoms with Gasteiger partial charge in [0.15, 0.2) is 5.78 Å². The third-order valence-electron chi connectivity index (χ3n) is 3.65. The molecular weight excluding hydrogens is 248 g/mol. The van der Waals surface area contributed by atoms with E-state index in [9.17, 15) is 4.79 Å². The van der Waals surface area contributed by atoms with Crippen LogP contribution in [0.3, 0.4) is 0 Å². The van der Waals surface area contributed by atoms with Gasteiger partial charge >= 0.3 is 0 Å². The van der Waals surface area contributed by atoms with Crippen molar-refractivity contribution in [1.29, 1.82) is 0 Å². The van der Waals surface area contributed by atoms with Gasteiger partial charge in [0.05, 0.1) is 0 Å². The first-order chi connectivity index (χ1) is 8.68. The van der Waals surface area contributed by atoms with E-state index in [0.717, 1.165) is 31.2 Å². The van der Waals surface area contributed by atoms with Gasteiger partial charge < -0.3 is 4.74 Å². The highest BCUT2D eigenvalue weighted by atomic mass is 35.5. The summed E-state index contributed by atoms with van der Waals surface area (Å²) < 4.78 is 5.77. The molecule has 0 unspecified atom stereocenters. The Morgan fingerprint density at radius 2 is 2.00 bits per heavy atom. The van der Waals surface area contributed by atoms with Crippen molar-refractivity contribution >= 4 is 17.4 Å². The molecule has 1 aromatic carbocycles. The molecule has 3 heteroatoms. The van der Waals surface area contributed by atoms with E-state index >= 15 is 0 Å². The number of carbonyl (C=O) groups is 1. The van der Waals surface area contributed by atoms with Gasteiger partial charge in [-0.2, -0.15) is 0 Å². The van der Waals surface area contributed by atoms with Gasteiger partial charge in [-0.05, 0) is 44.2 Å². The van der Waals surface area contributed by atoms with Crippen molar-refractivity contribution in [3.05, 3.63) is 34.9 Å². The summed E-state index contributed by atoms with van der Waals surface area (Å²) in [5.74, 6) is 0.176. The molecule has 2 rings (SSSR count). The molecule has 0 atom stereocenters. The minimum absolute atomic E-state index is 0.176. The molecule has 98 valence electrons. The SMILES string of the molecule is CCOC1(C(=O)Cc2ccccc2Cl)CCCC1. The molecule has 0 amide bonds. The Balaban J connectivity index is 2.13. The van der Waals surface area contributed by atoms with Crippen LogP contribution in [0.1, 0.15) is 38.2 Å². The van der Waals surface area contributed by atoms with Gasteiger partial charge in [-0.15, -0.1) is 0 Å². The summed E-state index contributed by atoms with van der Waals surface area (Å²) in [6.07, 6.45) is 4.23. The minimum Gasteiger partial charge on any atom is -0.367 e. The molecule has 1 fully saturated rings. The Morgan fingerprint density at radius 3 is 2.61 bits per heavy atom. The number of benzene rings is 1. The number of rotatable bonds is 5. The topological polar surface area (TPSA) is 26.3 Å². The lowest BCUT2D eigenvalue weighted by Gasteiger charge is -2.27. The van der Waals surface area contributed by atoms with E-state index in [0.29, 0.717) is 18.1 Å². The molecular formula is C15H19ClO2. The smallest absolute Gasteiger partial charge is 0.169 e. The second-order valence-corrected chi connectivity index (χ2v) is 5.23. The van der Waals surface area contributed by atoms with Gasteiger partial charge in [0, 0.05) is 18.1 Å². The van der Waals surface area contributed by atoms with E-state index in [1.54, 1.807) is 0 Å². The molecule has 0 bridgehead atoms. The summed E-state index contributed by atoms with van der Waals surface area (Å²) in [6, 6.07) is 7.53. The molecule has 0 radical (unpaired) electrons. The number of ketones is 1. The lowest BCUT2D eigenvalue weighted by atomic mass is 9.91. The first-order valence-corrected chi connectivity index (χ1v) is 6.96. The Hall–Kier alpha value is -0.860. The zero-order chi connectivity index (χ0) is 13.0. The van der Waals surface area contributed by atoms with E-state index in [4.69, 9.17) is 16.3 Å². The number of Topliss-reactive ketones (excluding diaryl/α,β-unsaturated/α-hetero) is 1. The van der Waals surface area contributed by atoms with E-state index in [-0.39, 0.29) is 5.78 Å². The Labute approximate surface area is 113 Å².